The third kappa shape index (κ3) is 7.40. The van der Waals surface area contributed by atoms with E-state index in [1.807, 2.05) is 28.4 Å². The van der Waals surface area contributed by atoms with E-state index in [2.05, 4.69) is 32.7 Å². The first-order chi connectivity index (χ1) is 15.3. The maximum absolute atomic E-state index is 5.81. The van der Waals surface area contributed by atoms with Crippen LogP contribution in [0.3, 0.4) is 0 Å². The average Bonchev–Trinajstić information content (AvgIpc) is 2.81. The molecule has 5 heteroatoms. The predicted octanol–water partition coefficient (Wildman–Crippen LogP) is 5.41. The van der Waals surface area contributed by atoms with E-state index in [0.717, 1.165) is 31.6 Å². The van der Waals surface area contributed by atoms with E-state index < -0.39 is 0 Å². The van der Waals surface area contributed by atoms with Crippen molar-refractivity contribution in [2.75, 3.05) is 48.6 Å². The van der Waals surface area contributed by atoms with Crippen molar-refractivity contribution < 1.29 is 18.9 Å². The molecule has 0 aromatic heterocycles. The first-order valence-corrected chi connectivity index (χ1v) is 13.1. The van der Waals surface area contributed by atoms with Gasteiger partial charge in [0.25, 0.3) is 0 Å². The Morgan fingerprint density at radius 2 is 1.34 bits per heavy atom. The molecule has 0 N–H and O–H groups in total. The summed E-state index contributed by atoms with van der Waals surface area (Å²) in [5.74, 6) is 2.15. The fourth-order valence-corrected chi connectivity index (χ4v) is 6.39. The molecule has 32 heavy (non-hydrogen) atoms. The zero-order chi connectivity index (χ0) is 23.7. The molecule has 0 heterocycles. The van der Waals surface area contributed by atoms with Crippen LogP contribution in [0.15, 0.2) is 0 Å². The van der Waals surface area contributed by atoms with Crippen LogP contribution in [0.2, 0.25) is 0 Å². The zero-order valence-electron chi connectivity index (χ0n) is 22.4. The van der Waals surface area contributed by atoms with Gasteiger partial charge < -0.3 is 23.8 Å². The Morgan fingerprint density at radius 3 is 1.91 bits per heavy atom. The molecule has 0 amide bonds. The van der Waals surface area contributed by atoms with Gasteiger partial charge in [0, 0.05) is 28.4 Å². The Morgan fingerprint density at radius 1 is 0.781 bits per heavy atom. The van der Waals surface area contributed by atoms with Crippen molar-refractivity contribution >= 4 is 0 Å². The van der Waals surface area contributed by atoms with Crippen LogP contribution < -0.4 is 0 Å². The van der Waals surface area contributed by atoms with Crippen LogP contribution in [0.25, 0.3) is 0 Å². The molecule has 2 aliphatic rings. The smallest absolute Gasteiger partial charge is 0.0835 e. The SMILES string of the molecule is COC1CCC(CCN(C)CCCC(C)(C(C)C)C2CCC(OC)C(OC)C2)CC1OC. The molecule has 0 radical (unpaired) electrons. The lowest BCUT2D eigenvalue weighted by Crippen LogP contribution is -2.44. The van der Waals surface area contributed by atoms with Gasteiger partial charge in [0.05, 0.1) is 24.4 Å². The van der Waals surface area contributed by atoms with Crippen molar-refractivity contribution in [2.45, 2.75) is 103 Å². The van der Waals surface area contributed by atoms with E-state index in [1.165, 1.54) is 45.2 Å². The van der Waals surface area contributed by atoms with Gasteiger partial charge >= 0.3 is 0 Å². The molecule has 2 aliphatic carbocycles. The molecule has 2 fully saturated rings. The van der Waals surface area contributed by atoms with Gasteiger partial charge in [-0.05, 0) is 101 Å². The molecule has 0 aliphatic heterocycles. The summed E-state index contributed by atoms with van der Waals surface area (Å²) in [5, 5.41) is 0. The minimum atomic E-state index is 0.239. The van der Waals surface area contributed by atoms with E-state index in [4.69, 9.17) is 18.9 Å². The number of ether oxygens (including phenoxy) is 4. The van der Waals surface area contributed by atoms with Gasteiger partial charge in [0.2, 0.25) is 0 Å². The van der Waals surface area contributed by atoms with E-state index >= 15 is 0 Å². The Kier molecular flexibility index (Phi) is 11.9. The second kappa shape index (κ2) is 13.6. The van der Waals surface area contributed by atoms with Crippen LogP contribution in [0.4, 0.5) is 0 Å². The van der Waals surface area contributed by atoms with Crippen molar-refractivity contribution in [3.8, 4) is 0 Å². The highest BCUT2D eigenvalue weighted by Gasteiger charge is 2.42. The predicted molar refractivity (Wildman–Crippen MR) is 132 cm³/mol. The van der Waals surface area contributed by atoms with Crippen LogP contribution in [0, 0.1) is 23.2 Å². The quantitative estimate of drug-likeness (QED) is 0.371. The molecule has 0 aromatic rings. The van der Waals surface area contributed by atoms with Crippen molar-refractivity contribution in [1.82, 2.24) is 4.90 Å². The van der Waals surface area contributed by atoms with Crippen LogP contribution in [-0.2, 0) is 18.9 Å². The highest BCUT2D eigenvalue weighted by Crippen LogP contribution is 2.47. The Labute approximate surface area is 198 Å². The normalized spacial score (nSPS) is 33.6. The maximum atomic E-state index is 5.81. The molecule has 0 aromatic carbocycles. The van der Waals surface area contributed by atoms with Crippen molar-refractivity contribution in [2.24, 2.45) is 23.2 Å². The molecule has 5 nitrogen and oxygen atoms in total. The summed E-state index contributed by atoms with van der Waals surface area (Å²) >= 11 is 0. The summed E-state index contributed by atoms with van der Waals surface area (Å²) in [6, 6.07) is 0. The van der Waals surface area contributed by atoms with Gasteiger partial charge in [-0.25, -0.2) is 0 Å². The van der Waals surface area contributed by atoms with Gasteiger partial charge in [-0.15, -0.1) is 0 Å². The maximum Gasteiger partial charge on any atom is 0.0835 e. The standard InChI is InChI=1S/C27H53NO4/c1-20(2)27(3,22-11-13-24(30-6)26(19-22)32-8)15-9-16-28(4)17-14-21-10-12-23(29-5)25(18-21)31-7/h20-26H,9-19H2,1-8H3. The fourth-order valence-electron chi connectivity index (χ4n) is 6.39. The Hall–Kier alpha value is -0.200. The summed E-state index contributed by atoms with van der Waals surface area (Å²) in [5.41, 5.74) is 0.362. The summed E-state index contributed by atoms with van der Waals surface area (Å²) in [7, 11) is 9.61. The third-order valence-corrected chi connectivity index (χ3v) is 9.21. The topological polar surface area (TPSA) is 40.2 Å². The van der Waals surface area contributed by atoms with Gasteiger partial charge in [-0.2, -0.15) is 0 Å². The first-order valence-electron chi connectivity index (χ1n) is 13.1. The highest BCUT2D eigenvalue weighted by molar-refractivity contribution is 4.92. The molecule has 7 atom stereocenters. The van der Waals surface area contributed by atoms with Gasteiger partial charge in [0.15, 0.2) is 0 Å². The Balaban J connectivity index is 1.78. The zero-order valence-corrected chi connectivity index (χ0v) is 22.4. The minimum Gasteiger partial charge on any atom is -0.379 e. The van der Waals surface area contributed by atoms with Gasteiger partial charge in [-0.1, -0.05) is 20.8 Å². The first kappa shape index (κ1) is 28.0. The molecular weight excluding hydrogens is 402 g/mol. The number of nitrogens with zero attached hydrogens (tertiary/aromatic N) is 1. The summed E-state index contributed by atoms with van der Waals surface area (Å²) in [4.78, 5) is 2.55. The monoisotopic (exact) mass is 455 g/mol. The van der Waals surface area contributed by atoms with Gasteiger partial charge in [-0.3, -0.25) is 0 Å². The van der Waals surface area contributed by atoms with Crippen molar-refractivity contribution in [1.29, 1.82) is 0 Å². The highest BCUT2D eigenvalue weighted by atomic mass is 16.5. The number of hydrogen-bond acceptors (Lipinski definition) is 5. The lowest BCUT2D eigenvalue weighted by molar-refractivity contribution is -0.0936. The van der Waals surface area contributed by atoms with Crippen LogP contribution in [0.5, 0.6) is 0 Å². The molecule has 0 spiro atoms. The molecular formula is C27H53NO4. The number of methoxy groups -OCH3 is 4. The van der Waals surface area contributed by atoms with Crippen LogP contribution in [-0.4, -0.2) is 77.9 Å². The van der Waals surface area contributed by atoms with E-state index in [-0.39, 0.29) is 24.4 Å². The largest absolute Gasteiger partial charge is 0.379 e. The summed E-state index contributed by atoms with van der Waals surface area (Å²) in [6.45, 7) is 9.72. The number of hydrogen-bond donors (Lipinski definition) is 0. The van der Waals surface area contributed by atoms with Gasteiger partial charge in [0.1, 0.15) is 0 Å². The Bertz CT molecular complexity index is 516. The lowest BCUT2D eigenvalue weighted by atomic mass is 9.61. The van der Waals surface area contributed by atoms with Crippen molar-refractivity contribution in [3.05, 3.63) is 0 Å². The summed E-state index contributed by atoms with van der Waals surface area (Å²) in [6.07, 6.45) is 11.9. The van der Waals surface area contributed by atoms with Crippen LogP contribution >= 0.6 is 0 Å². The molecule has 0 bridgehead atoms. The van der Waals surface area contributed by atoms with E-state index in [1.54, 1.807) is 0 Å². The van der Waals surface area contributed by atoms with Crippen LogP contribution in [0.1, 0.15) is 78.6 Å². The minimum absolute atomic E-state index is 0.239. The second-order valence-corrected chi connectivity index (χ2v) is 11.1. The molecule has 2 rings (SSSR count). The van der Waals surface area contributed by atoms with Crippen molar-refractivity contribution in [3.63, 3.8) is 0 Å². The number of rotatable bonds is 13. The van der Waals surface area contributed by atoms with E-state index in [9.17, 15) is 0 Å². The second-order valence-electron chi connectivity index (χ2n) is 11.1. The fraction of sp³-hybridized carbons (Fsp3) is 1.00. The molecule has 0 saturated heterocycles. The average molecular weight is 456 g/mol. The van der Waals surface area contributed by atoms with E-state index in [0.29, 0.717) is 17.3 Å². The summed E-state index contributed by atoms with van der Waals surface area (Å²) < 4.78 is 22.8. The molecule has 190 valence electrons. The third-order valence-electron chi connectivity index (χ3n) is 9.21. The molecule has 7 unspecified atom stereocenters. The molecule has 2 saturated carbocycles. The lowest BCUT2D eigenvalue weighted by Gasteiger charge is -2.47.